The second-order valence-corrected chi connectivity index (χ2v) is 7.96. The van der Waals surface area contributed by atoms with Crippen LogP contribution in [0.1, 0.15) is 36.8 Å². The zero-order chi connectivity index (χ0) is 18.3. The number of piperidine rings is 2. The van der Waals surface area contributed by atoms with Crippen molar-refractivity contribution in [3.05, 3.63) is 58.4 Å². The molecule has 0 spiro atoms. The maximum Gasteiger partial charge on any atom is 0.141 e. The molecule has 0 aromatic heterocycles. The predicted molar refractivity (Wildman–Crippen MR) is 101 cm³/mol. The average molecular weight is 370 g/mol. The molecule has 2 bridgehead atoms. The van der Waals surface area contributed by atoms with Crippen molar-refractivity contribution in [3.8, 4) is 17.2 Å². The van der Waals surface area contributed by atoms with E-state index in [4.69, 9.17) is 22.6 Å². The Kier molecular flexibility index (Phi) is 4.48. The van der Waals surface area contributed by atoms with Gasteiger partial charge in [-0.1, -0.05) is 35.9 Å². The maximum absolute atomic E-state index is 14.0. The first-order valence-electron chi connectivity index (χ1n) is 8.99. The summed E-state index contributed by atoms with van der Waals surface area (Å²) in [6.07, 6.45) is 4.50. The van der Waals surface area contributed by atoms with E-state index < -0.39 is 5.82 Å². The molecule has 5 heteroatoms. The SMILES string of the molecule is N#Cc1ccc(-c2cccc(CN3CC4(N)CCC3CC4)c2Cl)cc1F. The molecular formula is C21H21ClFN3. The van der Waals surface area contributed by atoms with Gasteiger partial charge in [0.25, 0.3) is 0 Å². The first-order chi connectivity index (χ1) is 12.5. The highest BCUT2D eigenvalue weighted by atomic mass is 35.5. The Labute approximate surface area is 158 Å². The van der Waals surface area contributed by atoms with Crippen LogP contribution in [0.4, 0.5) is 4.39 Å². The topological polar surface area (TPSA) is 53.0 Å². The molecule has 1 aliphatic carbocycles. The zero-order valence-corrected chi connectivity index (χ0v) is 15.3. The summed E-state index contributed by atoms with van der Waals surface area (Å²) in [4.78, 5) is 2.44. The highest BCUT2D eigenvalue weighted by Gasteiger charge is 2.41. The van der Waals surface area contributed by atoms with Gasteiger partial charge in [-0.05, 0) is 48.9 Å². The zero-order valence-electron chi connectivity index (χ0n) is 14.5. The number of hydrogen-bond donors (Lipinski definition) is 1. The van der Waals surface area contributed by atoms with Gasteiger partial charge < -0.3 is 5.73 Å². The molecule has 3 nitrogen and oxygen atoms in total. The van der Waals surface area contributed by atoms with E-state index in [1.807, 2.05) is 24.3 Å². The number of fused-ring (bicyclic) bond motifs is 3. The van der Waals surface area contributed by atoms with Crippen LogP contribution in [0.25, 0.3) is 11.1 Å². The fraction of sp³-hybridized carbons (Fsp3) is 0.381. The van der Waals surface area contributed by atoms with Gasteiger partial charge >= 0.3 is 0 Å². The summed E-state index contributed by atoms with van der Waals surface area (Å²) < 4.78 is 14.0. The van der Waals surface area contributed by atoms with Gasteiger partial charge in [0, 0.05) is 30.2 Å². The summed E-state index contributed by atoms with van der Waals surface area (Å²) in [5.74, 6) is -0.523. The molecule has 2 aromatic carbocycles. The third-order valence-corrected chi connectivity index (χ3v) is 6.28. The van der Waals surface area contributed by atoms with E-state index in [1.54, 1.807) is 6.07 Å². The Bertz CT molecular complexity index is 881. The molecule has 0 atom stereocenters. The van der Waals surface area contributed by atoms with Crippen LogP contribution in [0.5, 0.6) is 0 Å². The predicted octanol–water partition coefficient (Wildman–Crippen LogP) is 4.47. The molecule has 26 heavy (non-hydrogen) atoms. The molecule has 2 aliphatic heterocycles. The minimum absolute atomic E-state index is 0.0404. The van der Waals surface area contributed by atoms with Crippen LogP contribution in [0.3, 0.4) is 0 Å². The van der Waals surface area contributed by atoms with Crippen molar-refractivity contribution in [2.75, 3.05) is 6.54 Å². The summed E-state index contributed by atoms with van der Waals surface area (Å²) in [7, 11) is 0. The molecule has 3 fully saturated rings. The lowest BCUT2D eigenvalue weighted by molar-refractivity contribution is 0.0241. The van der Waals surface area contributed by atoms with Gasteiger partial charge in [0.05, 0.1) is 10.6 Å². The van der Waals surface area contributed by atoms with Crippen LogP contribution in [-0.4, -0.2) is 23.0 Å². The summed E-state index contributed by atoms with van der Waals surface area (Å²) in [5.41, 5.74) is 8.99. The molecular weight excluding hydrogens is 349 g/mol. The molecule has 2 saturated heterocycles. The van der Waals surface area contributed by atoms with E-state index in [2.05, 4.69) is 4.90 Å². The van der Waals surface area contributed by atoms with Gasteiger partial charge in [-0.3, -0.25) is 4.90 Å². The largest absolute Gasteiger partial charge is 0.324 e. The third-order valence-electron chi connectivity index (χ3n) is 5.84. The third kappa shape index (κ3) is 3.12. The summed E-state index contributed by atoms with van der Waals surface area (Å²) in [5, 5.41) is 9.54. The Morgan fingerprint density at radius 2 is 2.04 bits per heavy atom. The lowest BCUT2D eigenvalue weighted by atomic mass is 9.74. The van der Waals surface area contributed by atoms with E-state index in [9.17, 15) is 4.39 Å². The molecule has 0 radical (unpaired) electrons. The van der Waals surface area contributed by atoms with Crippen molar-refractivity contribution in [2.24, 2.45) is 5.73 Å². The molecule has 2 N–H and O–H groups in total. The maximum atomic E-state index is 14.0. The van der Waals surface area contributed by atoms with Crippen LogP contribution < -0.4 is 5.73 Å². The van der Waals surface area contributed by atoms with Crippen molar-refractivity contribution in [3.63, 3.8) is 0 Å². The Morgan fingerprint density at radius 1 is 1.27 bits per heavy atom. The smallest absolute Gasteiger partial charge is 0.141 e. The monoisotopic (exact) mass is 369 g/mol. The number of hydrogen-bond acceptors (Lipinski definition) is 3. The summed E-state index contributed by atoms with van der Waals surface area (Å²) in [6, 6.07) is 12.9. The van der Waals surface area contributed by atoms with Crippen molar-refractivity contribution in [1.29, 1.82) is 5.26 Å². The first-order valence-corrected chi connectivity index (χ1v) is 9.37. The molecule has 3 aliphatic rings. The van der Waals surface area contributed by atoms with E-state index in [0.717, 1.165) is 49.9 Å². The molecule has 0 unspecified atom stereocenters. The number of nitrogens with zero attached hydrogens (tertiary/aromatic N) is 2. The second kappa shape index (κ2) is 6.66. The fourth-order valence-corrected chi connectivity index (χ4v) is 4.63. The standard InChI is InChI=1S/C21H21ClFN3/c22-20-16(12-26-13-21(25)8-6-17(26)7-9-21)2-1-3-18(20)14-4-5-15(11-24)19(23)10-14/h1-5,10,17H,6-9,12-13,25H2. The minimum Gasteiger partial charge on any atom is -0.324 e. The highest BCUT2D eigenvalue weighted by molar-refractivity contribution is 6.34. The van der Waals surface area contributed by atoms with Gasteiger partial charge in [0.2, 0.25) is 0 Å². The van der Waals surface area contributed by atoms with Crippen molar-refractivity contribution >= 4 is 11.6 Å². The first kappa shape index (κ1) is 17.5. The Balaban J connectivity index is 1.62. The van der Waals surface area contributed by atoms with E-state index in [-0.39, 0.29) is 11.1 Å². The van der Waals surface area contributed by atoms with Gasteiger partial charge in [0.15, 0.2) is 0 Å². The summed E-state index contributed by atoms with van der Waals surface area (Å²) >= 11 is 6.68. The number of benzene rings is 2. The van der Waals surface area contributed by atoms with Crippen LogP contribution in [0, 0.1) is 17.1 Å². The molecule has 0 amide bonds. The molecule has 134 valence electrons. The number of nitrogens with two attached hydrogens (primary N) is 1. The van der Waals surface area contributed by atoms with E-state index in [1.165, 1.54) is 12.1 Å². The molecule has 2 heterocycles. The quantitative estimate of drug-likeness (QED) is 0.868. The average Bonchev–Trinajstić information content (AvgIpc) is 2.63. The van der Waals surface area contributed by atoms with Gasteiger partial charge in [0.1, 0.15) is 11.9 Å². The lowest BCUT2D eigenvalue weighted by Crippen LogP contribution is -2.61. The number of halogens is 2. The van der Waals surface area contributed by atoms with Crippen molar-refractivity contribution in [2.45, 2.75) is 43.8 Å². The van der Waals surface area contributed by atoms with Gasteiger partial charge in [-0.25, -0.2) is 4.39 Å². The molecule has 2 aromatic rings. The van der Waals surface area contributed by atoms with Crippen LogP contribution in [0.2, 0.25) is 5.02 Å². The van der Waals surface area contributed by atoms with E-state index in [0.29, 0.717) is 16.6 Å². The molecule has 1 saturated carbocycles. The van der Waals surface area contributed by atoms with Crippen LogP contribution in [-0.2, 0) is 6.54 Å². The minimum atomic E-state index is -0.523. The van der Waals surface area contributed by atoms with Crippen LogP contribution >= 0.6 is 11.6 Å². The summed E-state index contributed by atoms with van der Waals surface area (Å²) in [6.45, 7) is 1.67. The Morgan fingerprint density at radius 3 is 2.69 bits per heavy atom. The van der Waals surface area contributed by atoms with Crippen LogP contribution in [0.15, 0.2) is 36.4 Å². The second-order valence-electron chi connectivity index (χ2n) is 7.58. The Hall–Kier alpha value is -1.93. The van der Waals surface area contributed by atoms with E-state index >= 15 is 0 Å². The number of nitriles is 1. The van der Waals surface area contributed by atoms with Gasteiger partial charge in [-0.15, -0.1) is 0 Å². The fourth-order valence-electron chi connectivity index (χ4n) is 4.34. The van der Waals surface area contributed by atoms with Crippen molar-refractivity contribution in [1.82, 2.24) is 4.90 Å². The highest BCUT2D eigenvalue weighted by Crippen LogP contribution is 2.39. The van der Waals surface area contributed by atoms with Gasteiger partial charge in [-0.2, -0.15) is 5.26 Å². The number of rotatable bonds is 3. The normalized spacial score (nSPS) is 25.2. The molecule has 5 rings (SSSR count). The van der Waals surface area contributed by atoms with Crippen molar-refractivity contribution < 1.29 is 4.39 Å². The lowest BCUT2D eigenvalue weighted by Gasteiger charge is -2.51.